The Morgan fingerprint density at radius 2 is 1.35 bits per heavy atom. The van der Waals surface area contributed by atoms with Gasteiger partial charge < -0.3 is 25.8 Å². The van der Waals surface area contributed by atoms with Crippen LogP contribution < -0.4 is 25.8 Å². The van der Waals surface area contributed by atoms with Crippen molar-refractivity contribution in [3.05, 3.63) is 119 Å². The van der Waals surface area contributed by atoms with Crippen molar-refractivity contribution in [2.24, 2.45) is 0 Å². The molecule has 3 aromatic carbocycles. The Morgan fingerprint density at radius 3 is 1.85 bits per heavy atom. The number of pyridine rings is 1. The van der Waals surface area contributed by atoms with Crippen LogP contribution in [0.25, 0.3) is 0 Å². The third-order valence-electron chi connectivity index (χ3n) is 6.46. The number of anilines is 1. The van der Waals surface area contributed by atoms with Gasteiger partial charge in [-0.15, -0.1) is 0 Å². The summed E-state index contributed by atoms with van der Waals surface area (Å²) >= 11 is 0. The maximum Gasteiger partial charge on any atom is 0.243 e. The Hall–Kier alpha value is -4.92. The van der Waals surface area contributed by atoms with Gasteiger partial charge >= 0.3 is 0 Å². The molecule has 0 radical (unpaired) electrons. The zero-order chi connectivity index (χ0) is 28.5. The normalized spacial score (nSPS) is 11.5. The van der Waals surface area contributed by atoms with E-state index < -0.39 is 17.9 Å². The number of hydrogen-bond acceptors (Lipinski definition) is 6. The van der Waals surface area contributed by atoms with Crippen molar-refractivity contribution < 1.29 is 23.5 Å². The van der Waals surface area contributed by atoms with E-state index in [0.717, 1.165) is 22.3 Å². The lowest BCUT2D eigenvalue weighted by Crippen LogP contribution is -2.49. The molecule has 1 aromatic heterocycles. The second-order valence-corrected chi connectivity index (χ2v) is 9.18. The summed E-state index contributed by atoms with van der Waals surface area (Å²) in [5.41, 5.74) is 8.63. The fourth-order valence-corrected chi connectivity index (χ4v) is 4.26. The molecule has 9 heteroatoms. The highest BCUT2D eigenvalue weighted by molar-refractivity contribution is 5.92. The van der Waals surface area contributed by atoms with Crippen LogP contribution in [0, 0.1) is 5.82 Å². The van der Waals surface area contributed by atoms with Crippen molar-refractivity contribution in [1.82, 2.24) is 15.6 Å². The van der Waals surface area contributed by atoms with E-state index in [9.17, 15) is 14.0 Å². The number of halogens is 1. The predicted octanol–water partition coefficient (Wildman–Crippen LogP) is 4.00. The minimum atomic E-state index is -0.919. The van der Waals surface area contributed by atoms with Crippen LogP contribution in [-0.4, -0.2) is 37.1 Å². The van der Waals surface area contributed by atoms with Crippen molar-refractivity contribution in [3.63, 3.8) is 0 Å². The summed E-state index contributed by atoms with van der Waals surface area (Å²) in [4.78, 5) is 31.4. The summed E-state index contributed by atoms with van der Waals surface area (Å²) < 4.78 is 23.9. The molecule has 0 saturated heterocycles. The van der Waals surface area contributed by atoms with Crippen LogP contribution >= 0.6 is 0 Å². The van der Waals surface area contributed by atoms with Crippen LogP contribution in [0.1, 0.15) is 28.2 Å². The van der Waals surface area contributed by atoms with Gasteiger partial charge in [0.05, 0.1) is 20.1 Å². The second-order valence-electron chi connectivity index (χ2n) is 9.18. The largest absolute Gasteiger partial charge is 0.497 e. The highest BCUT2D eigenvalue weighted by Crippen LogP contribution is 2.28. The molecule has 4 rings (SSSR count). The molecule has 4 N–H and O–H groups in total. The van der Waals surface area contributed by atoms with Gasteiger partial charge in [-0.25, -0.2) is 9.37 Å². The lowest BCUT2D eigenvalue weighted by Gasteiger charge is -2.23. The maximum absolute atomic E-state index is 13.9. The van der Waals surface area contributed by atoms with Gasteiger partial charge in [-0.3, -0.25) is 9.59 Å². The molecule has 1 unspecified atom stereocenters. The van der Waals surface area contributed by atoms with E-state index in [0.29, 0.717) is 17.3 Å². The number of hydrogen-bond donors (Lipinski definition) is 3. The van der Waals surface area contributed by atoms with Crippen molar-refractivity contribution in [1.29, 1.82) is 0 Å². The van der Waals surface area contributed by atoms with Crippen molar-refractivity contribution >= 4 is 17.6 Å². The van der Waals surface area contributed by atoms with E-state index in [1.165, 1.54) is 12.1 Å². The molecule has 0 fully saturated rings. The Balaban J connectivity index is 1.61. The van der Waals surface area contributed by atoms with Crippen LogP contribution in [-0.2, 0) is 22.6 Å². The Labute approximate surface area is 232 Å². The Kier molecular flexibility index (Phi) is 9.30. The van der Waals surface area contributed by atoms with Crippen LogP contribution in [0.4, 0.5) is 10.2 Å². The average Bonchev–Trinajstić information content (AvgIpc) is 2.98. The quantitative estimate of drug-likeness (QED) is 0.264. The van der Waals surface area contributed by atoms with Crippen LogP contribution in [0.5, 0.6) is 11.5 Å². The highest BCUT2D eigenvalue weighted by atomic mass is 19.1. The third-order valence-corrected chi connectivity index (χ3v) is 6.46. The molecule has 8 nitrogen and oxygen atoms in total. The lowest BCUT2D eigenvalue weighted by atomic mass is 9.89. The molecule has 1 heterocycles. The molecular formula is C31H31FN4O4. The number of nitrogens with zero attached hydrogens (tertiary/aromatic N) is 1. The van der Waals surface area contributed by atoms with E-state index in [-0.39, 0.29) is 24.7 Å². The van der Waals surface area contributed by atoms with Crippen LogP contribution in [0.15, 0.2) is 91.1 Å². The topological polar surface area (TPSA) is 116 Å². The van der Waals surface area contributed by atoms with Gasteiger partial charge in [-0.2, -0.15) is 0 Å². The maximum atomic E-state index is 13.9. The van der Waals surface area contributed by atoms with E-state index in [4.69, 9.17) is 15.2 Å². The summed E-state index contributed by atoms with van der Waals surface area (Å²) in [5, 5.41) is 5.80. The summed E-state index contributed by atoms with van der Waals surface area (Å²) in [5.74, 6) is -0.159. The van der Waals surface area contributed by atoms with Gasteiger partial charge in [0, 0.05) is 19.2 Å². The molecule has 0 aliphatic heterocycles. The minimum Gasteiger partial charge on any atom is -0.497 e. The van der Waals surface area contributed by atoms with Crippen molar-refractivity contribution in [2.75, 3.05) is 20.0 Å². The van der Waals surface area contributed by atoms with Gasteiger partial charge in [0.2, 0.25) is 11.8 Å². The van der Waals surface area contributed by atoms with E-state index in [1.807, 2.05) is 24.3 Å². The van der Waals surface area contributed by atoms with Gasteiger partial charge in [0.15, 0.2) is 0 Å². The number of nitrogen functional groups attached to an aromatic ring is 1. The first kappa shape index (κ1) is 28.1. The smallest absolute Gasteiger partial charge is 0.243 e. The molecule has 0 aliphatic rings. The fourth-order valence-electron chi connectivity index (χ4n) is 4.26. The average molecular weight is 543 g/mol. The SMILES string of the molecule is COc1ccc(C(C(=O)NC(Cc2ccc(N)nc2)C(=O)NCc2ccc(F)cc2)c2ccc(OC)cc2)cc1. The van der Waals surface area contributed by atoms with Crippen LogP contribution in [0.3, 0.4) is 0 Å². The first-order chi connectivity index (χ1) is 19.4. The molecule has 206 valence electrons. The number of aromatic nitrogens is 1. The Bertz CT molecular complexity index is 1360. The number of ether oxygens (including phenoxy) is 2. The summed E-state index contributed by atoms with van der Waals surface area (Å²) in [7, 11) is 3.15. The predicted molar refractivity (Wildman–Crippen MR) is 150 cm³/mol. The highest BCUT2D eigenvalue weighted by Gasteiger charge is 2.28. The molecule has 1 atom stereocenters. The molecule has 2 amide bonds. The number of benzene rings is 3. The summed E-state index contributed by atoms with van der Waals surface area (Å²) in [6.07, 6.45) is 1.76. The number of methoxy groups -OCH3 is 2. The molecule has 0 aliphatic carbocycles. The fraction of sp³-hybridized carbons (Fsp3) is 0.194. The number of amides is 2. The van der Waals surface area contributed by atoms with Crippen LogP contribution in [0.2, 0.25) is 0 Å². The van der Waals surface area contributed by atoms with E-state index >= 15 is 0 Å². The molecule has 0 spiro atoms. The first-order valence-electron chi connectivity index (χ1n) is 12.7. The second kappa shape index (κ2) is 13.2. The summed E-state index contributed by atoms with van der Waals surface area (Å²) in [6, 6.07) is 22.7. The number of nitrogens with two attached hydrogens (primary N) is 1. The molecule has 4 aromatic rings. The lowest BCUT2D eigenvalue weighted by molar-refractivity contribution is -0.129. The van der Waals surface area contributed by atoms with Crippen molar-refractivity contribution in [3.8, 4) is 11.5 Å². The number of carbonyl (C=O) groups is 2. The number of nitrogens with one attached hydrogen (secondary N) is 2. The molecular weight excluding hydrogens is 511 g/mol. The standard InChI is InChI=1S/C31H31FN4O4/c1-39-25-12-6-22(7-13-25)29(23-8-14-26(40-2)15-9-23)31(38)36-27(17-21-5-16-28(33)34-19-21)30(37)35-18-20-3-10-24(32)11-4-20/h3-16,19,27,29H,17-18H2,1-2H3,(H2,33,34)(H,35,37)(H,36,38). The minimum absolute atomic E-state index is 0.172. The first-order valence-corrected chi connectivity index (χ1v) is 12.7. The zero-order valence-corrected chi connectivity index (χ0v) is 22.3. The molecule has 0 saturated carbocycles. The van der Waals surface area contributed by atoms with E-state index in [1.54, 1.807) is 68.9 Å². The third kappa shape index (κ3) is 7.35. The number of rotatable bonds is 11. The van der Waals surface area contributed by atoms with Gasteiger partial charge in [0.1, 0.15) is 29.2 Å². The van der Waals surface area contributed by atoms with E-state index in [2.05, 4.69) is 15.6 Å². The monoisotopic (exact) mass is 542 g/mol. The van der Waals surface area contributed by atoms with Gasteiger partial charge in [-0.1, -0.05) is 42.5 Å². The van der Waals surface area contributed by atoms with Gasteiger partial charge in [-0.05, 0) is 64.7 Å². The zero-order valence-electron chi connectivity index (χ0n) is 22.3. The molecule has 40 heavy (non-hydrogen) atoms. The summed E-state index contributed by atoms with van der Waals surface area (Å²) in [6.45, 7) is 0.172. The van der Waals surface area contributed by atoms with Crippen molar-refractivity contribution in [2.45, 2.75) is 24.9 Å². The van der Waals surface area contributed by atoms with Gasteiger partial charge in [0.25, 0.3) is 0 Å². The number of carbonyl (C=O) groups excluding carboxylic acids is 2. The molecule has 0 bridgehead atoms. The Morgan fingerprint density at radius 1 is 0.800 bits per heavy atom.